The molecule has 4 atom stereocenters. The monoisotopic (exact) mass is 646 g/mol. The van der Waals surface area contributed by atoms with Gasteiger partial charge in [-0.25, -0.2) is 4.79 Å². The molecule has 0 saturated heterocycles. The smallest absolute Gasteiger partial charge is 0.323 e. The maximum atomic E-state index is 14.4. The van der Waals surface area contributed by atoms with Gasteiger partial charge in [-0.1, -0.05) is 37.3 Å². The molecule has 254 valence electrons. The molecule has 3 aromatic rings. The summed E-state index contributed by atoms with van der Waals surface area (Å²) in [4.78, 5) is 31.1. The minimum atomic E-state index is -0.459. The fourth-order valence-corrected chi connectivity index (χ4v) is 5.69. The lowest BCUT2D eigenvalue weighted by molar-refractivity contribution is -0.0177. The number of benzene rings is 3. The van der Waals surface area contributed by atoms with E-state index < -0.39 is 12.1 Å². The Hall–Kier alpha value is -4.12. The number of likely N-dealkylation sites (N-methyl/N-ethyl adjacent to an activating group) is 1. The SMILES string of the molecule is COc1ccc(CN(C)C[C@@H]2OCCCC[C@@H](C)Oc3ccc(NC(=O)Nc4ccccc4)cc3C(=O)N([C@H](C)CO)C[C@@H]2C)cc1. The standard InChI is InChI=1S/C37H50N4O6/c1-26-22-41(27(2)25-42)36(43)33-21-31(39-37(44)38-30-12-7-6-8-13-30)16-19-34(33)47-28(3)11-9-10-20-46-35(26)24-40(4)23-29-14-17-32(45-5)18-15-29/h6-8,12-19,21,26-28,35,42H,9-11,20,22-25H2,1-5H3,(H2,38,39,44)/t26-,27+,28+,35-/m0/s1. The number of nitrogens with zero attached hydrogens (tertiary/aromatic N) is 2. The molecule has 10 heteroatoms. The van der Waals surface area contributed by atoms with Gasteiger partial charge in [0.1, 0.15) is 11.5 Å². The van der Waals surface area contributed by atoms with Gasteiger partial charge in [0.05, 0.1) is 37.5 Å². The van der Waals surface area contributed by atoms with Crippen molar-refractivity contribution >= 4 is 23.3 Å². The molecule has 10 nitrogen and oxygen atoms in total. The second-order valence-electron chi connectivity index (χ2n) is 12.5. The first-order chi connectivity index (χ1) is 22.7. The van der Waals surface area contributed by atoms with E-state index >= 15 is 0 Å². The quantitative estimate of drug-likeness (QED) is 0.251. The molecule has 1 aliphatic rings. The summed E-state index contributed by atoms with van der Waals surface area (Å²) >= 11 is 0. The highest BCUT2D eigenvalue weighted by molar-refractivity contribution is 6.02. The fraction of sp³-hybridized carbons (Fsp3) is 0.459. The van der Waals surface area contributed by atoms with Crippen LogP contribution < -0.4 is 20.1 Å². The number of carbonyl (C=O) groups excluding carboxylic acids is 2. The average Bonchev–Trinajstić information content (AvgIpc) is 3.06. The molecule has 0 bridgehead atoms. The van der Waals surface area contributed by atoms with E-state index in [0.717, 1.165) is 31.6 Å². The van der Waals surface area contributed by atoms with Gasteiger partial charge >= 0.3 is 6.03 Å². The number of methoxy groups -OCH3 is 1. The largest absolute Gasteiger partial charge is 0.497 e. The molecule has 3 amide bonds. The molecule has 0 aromatic heterocycles. The second-order valence-corrected chi connectivity index (χ2v) is 12.5. The van der Waals surface area contributed by atoms with Crippen LogP contribution in [0.15, 0.2) is 72.8 Å². The van der Waals surface area contributed by atoms with Gasteiger partial charge in [-0.05, 0) is 88.2 Å². The Bertz CT molecular complexity index is 1420. The van der Waals surface area contributed by atoms with Crippen LogP contribution in [0.4, 0.5) is 16.2 Å². The zero-order valence-electron chi connectivity index (χ0n) is 28.3. The molecular formula is C37H50N4O6. The van der Waals surface area contributed by atoms with Crippen LogP contribution in [0.5, 0.6) is 11.5 Å². The molecule has 47 heavy (non-hydrogen) atoms. The first-order valence-corrected chi connectivity index (χ1v) is 16.5. The van der Waals surface area contributed by atoms with Crippen LogP contribution in [0.2, 0.25) is 0 Å². The number of amides is 3. The third-order valence-corrected chi connectivity index (χ3v) is 8.44. The lowest BCUT2D eigenvalue weighted by Gasteiger charge is -2.36. The van der Waals surface area contributed by atoms with Crippen LogP contribution in [0, 0.1) is 5.92 Å². The van der Waals surface area contributed by atoms with Crippen LogP contribution in [0.3, 0.4) is 0 Å². The maximum absolute atomic E-state index is 14.4. The Balaban J connectivity index is 1.57. The molecule has 0 aliphatic carbocycles. The predicted molar refractivity (Wildman–Crippen MR) is 185 cm³/mol. The molecule has 4 rings (SSSR count). The summed E-state index contributed by atoms with van der Waals surface area (Å²) in [6.45, 7) is 8.09. The summed E-state index contributed by atoms with van der Waals surface area (Å²) in [6.07, 6.45) is 2.32. The number of aliphatic hydroxyl groups is 1. The minimum absolute atomic E-state index is 0.0459. The van der Waals surface area contributed by atoms with Gasteiger partial charge in [-0.3, -0.25) is 9.69 Å². The summed E-state index contributed by atoms with van der Waals surface area (Å²) in [5.41, 5.74) is 2.60. The number of rotatable bonds is 9. The Morgan fingerprint density at radius 3 is 2.47 bits per heavy atom. The van der Waals surface area contributed by atoms with Crippen molar-refractivity contribution in [3.05, 3.63) is 83.9 Å². The summed E-state index contributed by atoms with van der Waals surface area (Å²) in [6, 6.07) is 21.4. The van der Waals surface area contributed by atoms with Gasteiger partial charge in [0.15, 0.2) is 0 Å². The van der Waals surface area contributed by atoms with Crippen molar-refractivity contribution in [2.75, 3.05) is 51.1 Å². The van der Waals surface area contributed by atoms with Gasteiger partial charge < -0.3 is 34.9 Å². The third kappa shape index (κ3) is 10.7. The maximum Gasteiger partial charge on any atom is 0.323 e. The van der Waals surface area contributed by atoms with Crippen molar-refractivity contribution in [2.24, 2.45) is 5.92 Å². The van der Waals surface area contributed by atoms with Crippen LogP contribution in [-0.4, -0.2) is 85.6 Å². The van der Waals surface area contributed by atoms with E-state index in [-0.39, 0.29) is 30.6 Å². The lowest BCUT2D eigenvalue weighted by atomic mass is 10.0. The number of carbonyl (C=O) groups is 2. The van der Waals surface area contributed by atoms with E-state index in [4.69, 9.17) is 14.2 Å². The Morgan fingerprint density at radius 2 is 1.77 bits per heavy atom. The van der Waals surface area contributed by atoms with Gasteiger partial charge in [0.2, 0.25) is 0 Å². The number of hydrogen-bond donors (Lipinski definition) is 3. The van der Waals surface area contributed by atoms with Crippen molar-refractivity contribution in [1.29, 1.82) is 0 Å². The molecular weight excluding hydrogens is 596 g/mol. The van der Waals surface area contributed by atoms with E-state index in [9.17, 15) is 14.7 Å². The topological polar surface area (TPSA) is 113 Å². The number of aliphatic hydroxyl groups excluding tert-OH is 1. The number of hydrogen-bond acceptors (Lipinski definition) is 7. The van der Waals surface area contributed by atoms with Gasteiger partial charge in [0, 0.05) is 43.5 Å². The number of para-hydroxylation sites is 1. The van der Waals surface area contributed by atoms with E-state index in [1.807, 2.05) is 44.2 Å². The lowest BCUT2D eigenvalue weighted by Crippen LogP contribution is -2.47. The van der Waals surface area contributed by atoms with Crippen molar-refractivity contribution in [2.45, 2.75) is 64.8 Å². The second kappa shape index (κ2) is 17.7. The summed E-state index contributed by atoms with van der Waals surface area (Å²) < 4.78 is 18.1. The van der Waals surface area contributed by atoms with Crippen molar-refractivity contribution in [3.63, 3.8) is 0 Å². The first kappa shape index (κ1) is 35.7. The Kier molecular flexibility index (Phi) is 13.5. The normalized spacial score (nSPS) is 20.0. The van der Waals surface area contributed by atoms with Crippen LogP contribution in [0.1, 0.15) is 56.0 Å². The zero-order valence-corrected chi connectivity index (χ0v) is 28.3. The molecule has 0 fully saturated rings. The van der Waals surface area contributed by atoms with Gasteiger partial charge in [-0.2, -0.15) is 0 Å². The van der Waals surface area contributed by atoms with E-state index in [1.165, 1.54) is 5.56 Å². The minimum Gasteiger partial charge on any atom is -0.497 e. The fourth-order valence-electron chi connectivity index (χ4n) is 5.69. The number of ether oxygens (including phenoxy) is 3. The van der Waals surface area contributed by atoms with Crippen LogP contribution in [0.25, 0.3) is 0 Å². The zero-order chi connectivity index (χ0) is 33.8. The van der Waals surface area contributed by atoms with Crippen LogP contribution >= 0.6 is 0 Å². The van der Waals surface area contributed by atoms with E-state index in [1.54, 1.807) is 42.3 Å². The highest BCUT2D eigenvalue weighted by Gasteiger charge is 2.30. The van der Waals surface area contributed by atoms with E-state index in [0.29, 0.717) is 42.4 Å². The number of urea groups is 1. The highest BCUT2D eigenvalue weighted by atomic mass is 16.5. The van der Waals surface area contributed by atoms with Crippen molar-refractivity contribution in [3.8, 4) is 11.5 Å². The predicted octanol–water partition coefficient (Wildman–Crippen LogP) is 6.27. The van der Waals surface area contributed by atoms with Crippen molar-refractivity contribution < 1.29 is 28.9 Å². The number of anilines is 2. The summed E-state index contributed by atoms with van der Waals surface area (Å²) in [5, 5.41) is 15.9. The van der Waals surface area contributed by atoms with Gasteiger partial charge in [-0.15, -0.1) is 0 Å². The Morgan fingerprint density at radius 1 is 1.04 bits per heavy atom. The molecule has 1 aliphatic heterocycles. The Labute approximate surface area is 279 Å². The summed E-state index contributed by atoms with van der Waals surface area (Å²) in [5.74, 6) is 0.941. The highest BCUT2D eigenvalue weighted by Crippen LogP contribution is 2.29. The third-order valence-electron chi connectivity index (χ3n) is 8.44. The van der Waals surface area contributed by atoms with Gasteiger partial charge in [0.25, 0.3) is 5.91 Å². The van der Waals surface area contributed by atoms with Crippen molar-refractivity contribution in [1.82, 2.24) is 9.80 Å². The average molecular weight is 647 g/mol. The molecule has 3 N–H and O–H groups in total. The molecule has 3 aromatic carbocycles. The molecule has 1 heterocycles. The number of nitrogens with one attached hydrogen (secondary N) is 2. The molecule has 0 spiro atoms. The molecule has 0 saturated carbocycles. The number of fused-ring (bicyclic) bond motifs is 1. The first-order valence-electron chi connectivity index (χ1n) is 16.5. The summed E-state index contributed by atoms with van der Waals surface area (Å²) in [7, 11) is 3.73. The molecule has 0 radical (unpaired) electrons. The van der Waals surface area contributed by atoms with Crippen LogP contribution in [-0.2, 0) is 11.3 Å². The molecule has 0 unspecified atom stereocenters. The van der Waals surface area contributed by atoms with E-state index in [2.05, 4.69) is 41.6 Å².